The first-order valence-electron chi connectivity index (χ1n) is 10.9. The van der Waals surface area contributed by atoms with Crippen molar-refractivity contribution in [3.05, 3.63) is 41.0 Å². The Morgan fingerprint density at radius 1 is 1.12 bits per heavy atom. The fourth-order valence-electron chi connectivity index (χ4n) is 4.02. The summed E-state index contributed by atoms with van der Waals surface area (Å²) in [4.78, 5) is 32.1. The van der Waals surface area contributed by atoms with Gasteiger partial charge in [-0.1, -0.05) is 20.8 Å². The molecule has 1 atom stereocenters. The topological polar surface area (TPSA) is 79.3 Å². The molecule has 2 N–H and O–H groups in total. The van der Waals surface area contributed by atoms with Crippen molar-refractivity contribution < 1.29 is 27.2 Å². The second-order valence-electron chi connectivity index (χ2n) is 9.59. The molecule has 1 aromatic heterocycles. The second-order valence-corrected chi connectivity index (χ2v) is 9.59. The van der Waals surface area contributed by atoms with Gasteiger partial charge in [0.1, 0.15) is 17.7 Å². The number of hydrogen-bond donors (Lipinski definition) is 2. The highest BCUT2D eigenvalue weighted by atomic mass is 19.4. The van der Waals surface area contributed by atoms with Crippen molar-refractivity contribution in [3.63, 3.8) is 0 Å². The number of carbonyl (C=O) groups is 2. The number of nitrogens with zero attached hydrogens (tertiary/aromatic N) is 3. The third kappa shape index (κ3) is 5.40. The smallest absolute Gasteiger partial charge is 0.357 e. The van der Waals surface area contributed by atoms with Crippen molar-refractivity contribution in [2.75, 3.05) is 20.6 Å². The van der Waals surface area contributed by atoms with Crippen LogP contribution in [0.25, 0.3) is 11.4 Å². The van der Waals surface area contributed by atoms with Gasteiger partial charge in [0.2, 0.25) is 5.91 Å². The fraction of sp³-hybridized carbons (Fsp3) is 0.522. The summed E-state index contributed by atoms with van der Waals surface area (Å²) in [5.74, 6) is -1.98. The number of imidazole rings is 1. The predicted molar refractivity (Wildman–Crippen MR) is 118 cm³/mol. The molecule has 1 aliphatic heterocycles. The number of benzene rings is 1. The zero-order chi connectivity index (χ0) is 25.4. The van der Waals surface area contributed by atoms with Crippen molar-refractivity contribution in [1.29, 1.82) is 0 Å². The average Bonchev–Trinajstić information content (AvgIpc) is 2.96. The van der Waals surface area contributed by atoms with Crippen LogP contribution in [0.5, 0.6) is 0 Å². The summed E-state index contributed by atoms with van der Waals surface area (Å²) in [5, 5.41) is 5.25. The average molecular weight is 484 g/mol. The minimum absolute atomic E-state index is 0.000257. The largest absolute Gasteiger partial charge is 0.416 e. The quantitative estimate of drug-likeness (QED) is 0.654. The molecular formula is C23H29F4N5O2. The summed E-state index contributed by atoms with van der Waals surface area (Å²) in [6.07, 6.45) is -4.07. The monoisotopic (exact) mass is 483 g/mol. The summed E-state index contributed by atoms with van der Waals surface area (Å²) >= 11 is 0. The van der Waals surface area contributed by atoms with E-state index >= 15 is 0 Å². The molecule has 34 heavy (non-hydrogen) atoms. The number of hydrogen-bond acceptors (Lipinski definition) is 4. The van der Waals surface area contributed by atoms with E-state index in [1.54, 1.807) is 25.3 Å². The van der Waals surface area contributed by atoms with Crippen LogP contribution in [-0.4, -0.2) is 52.9 Å². The zero-order valence-electron chi connectivity index (χ0n) is 19.8. The molecule has 1 aromatic carbocycles. The van der Waals surface area contributed by atoms with Crippen LogP contribution >= 0.6 is 0 Å². The van der Waals surface area contributed by atoms with Gasteiger partial charge in [0.05, 0.1) is 11.3 Å². The van der Waals surface area contributed by atoms with Gasteiger partial charge in [-0.3, -0.25) is 9.59 Å². The summed E-state index contributed by atoms with van der Waals surface area (Å²) in [7, 11) is 3.32. The van der Waals surface area contributed by atoms with E-state index in [-0.39, 0.29) is 23.0 Å². The number of halogens is 4. The Morgan fingerprint density at radius 2 is 1.79 bits per heavy atom. The van der Waals surface area contributed by atoms with Gasteiger partial charge < -0.3 is 20.1 Å². The lowest BCUT2D eigenvalue weighted by Gasteiger charge is -2.29. The Morgan fingerprint density at radius 3 is 2.38 bits per heavy atom. The molecule has 2 heterocycles. The molecular weight excluding hydrogens is 454 g/mol. The van der Waals surface area contributed by atoms with Gasteiger partial charge in [-0.25, -0.2) is 9.37 Å². The van der Waals surface area contributed by atoms with Crippen LogP contribution in [0, 0.1) is 11.2 Å². The van der Waals surface area contributed by atoms with Gasteiger partial charge in [0.15, 0.2) is 5.69 Å². The van der Waals surface area contributed by atoms with Crippen molar-refractivity contribution >= 4 is 11.8 Å². The van der Waals surface area contributed by atoms with Gasteiger partial charge >= 0.3 is 6.18 Å². The molecule has 0 fully saturated rings. The van der Waals surface area contributed by atoms with Gasteiger partial charge in [0, 0.05) is 25.7 Å². The lowest BCUT2D eigenvalue weighted by atomic mass is 9.86. The van der Waals surface area contributed by atoms with E-state index in [4.69, 9.17) is 0 Å². The number of aromatic nitrogens is 2. The van der Waals surface area contributed by atoms with Crippen LogP contribution in [0.2, 0.25) is 0 Å². The Hall–Kier alpha value is -2.95. The molecule has 1 aliphatic rings. The maximum atomic E-state index is 14.1. The first kappa shape index (κ1) is 25.7. The van der Waals surface area contributed by atoms with Crippen molar-refractivity contribution in [1.82, 2.24) is 25.1 Å². The first-order chi connectivity index (χ1) is 15.7. The summed E-state index contributed by atoms with van der Waals surface area (Å²) in [6, 6.07) is 1.36. The van der Waals surface area contributed by atoms with Crippen molar-refractivity contribution in [2.24, 2.45) is 5.41 Å². The predicted octanol–water partition coefficient (Wildman–Crippen LogP) is 3.43. The number of rotatable bonds is 4. The zero-order valence-corrected chi connectivity index (χ0v) is 19.8. The fourth-order valence-corrected chi connectivity index (χ4v) is 4.02. The SMILES string of the molecule is CNC(=O)C(NC(=O)c1nc(-c2cc(F)cc(C(F)(F)F)c2)n2c1CN(C)CCC2)C(C)(C)C. The second kappa shape index (κ2) is 9.36. The number of likely N-dealkylation sites (N-methyl/N-ethyl adjacent to an activating group) is 1. The van der Waals surface area contributed by atoms with Crippen molar-refractivity contribution in [3.8, 4) is 11.4 Å². The summed E-state index contributed by atoms with van der Waals surface area (Å²) in [5.41, 5.74) is -1.33. The van der Waals surface area contributed by atoms with Gasteiger partial charge in [0.25, 0.3) is 5.91 Å². The lowest BCUT2D eigenvalue weighted by Crippen LogP contribution is -2.53. The van der Waals surface area contributed by atoms with E-state index in [9.17, 15) is 27.2 Å². The molecule has 0 saturated heterocycles. The minimum atomic E-state index is -4.74. The van der Waals surface area contributed by atoms with E-state index in [0.717, 1.165) is 12.1 Å². The minimum Gasteiger partial charge on any atom is -0.357 e. The molecule has 0 aliphatic carbocycles. The first-order valence-corrected chi connectivity index (χ1v) is 10.9. The Labute approximate surface area is 195 Å². The van der Waals surface area contributed by atoms with Crippen LogP contribution in [0.15, 0.2) is 18.2 Å². The summed E-state index contributed by atoms with van der Waals surface area (Å²) in [6.45, 7) is 6.80. The molecule has 0 radical (unpaired) electrons. The summed E-state index contributed by atoms with van der Waals surface area (Å²) < 4.78 is 55.8. The molecule has 1 unspecified atom stereocenters. The molecule has 0 bridgehead atoms. The number of fused-ring (bicyclic) bond motifs is 1. The van der Waals surface area contributed by atoms with Gasteiger partial charge in [-0.2, -0.15) is 13.2 Å². The number of alkyl halides is 3. The van der Waals surface area contributed by atoms with Crippen LogP contribution < -0.4 is 10.6 Å². The standard InChI is InChI=1S/C23H29F4N5O2/c1-22(2,3)18(21(34)28-4)30-20(33)17-16-12-31(5)7-6-8-32(16)19(29-17)13-9-14(23(25,26)27)11-15(24)10-13/h9-11,18H,6-8,12H2,1-5H3,(H,28,34)(H,30,33). The van der Waals surface area contributed by atoms with E-state index in [1.807, 2.05) is 11.9 Å². The highest BCUT2D eigenvalue weighted by Gasteiger charge is 2.36. The third-order valence-corrected chi connectivity index (χ3v) is 5.76. The highest BCUT2D eigenvalue weighted by molar-refractivity contribution is 5.97. The molecule has 3 rings (SSSR count). The molecule has 2 aromatic rings. The van der Waals surface area contributed by atoms with E-state index in [2.05, 4.69) is 15.6 Å². The molecule has 11 heteroatoms. The number of amides is 2. The van der Waals surface area contributed by atoms with Crippen LogP contribution in [-0.2, 0) is 24.1 Å². The Bertz CT molecular complexity index is 1090. The maximum absolute atomic E-state index is 14.1. The highest BCUT2D eigenvalue weighted by Crippen LogP contribution is 2.34. The molecule has 186 valence electrons. The molecule has 0 saturated carbocycles. The van der Waals surface area contributed by atoms with E-state index in [0.29, 0.717) is 37.8 Å². The maximum Gasteiger partial charge on any atom is 0.416 e. The van der Waals surface area contributed by atoms with Crippen molar-refractivity contribution in [2.45, 2.75) is 52.5 Å². The third-order valence-electron chi connectivity index (χ3n) is 5.76. The number of nitrogens with one attached hydrogen (secondary N) is 2. The number of carbonyl (C=O) groups excluding carboxylic acids is 2. The molecule has 2 amide bonds. The van der Waals surface area contributed by atoms with Crippen LogP contribution in [0.3, 0.4) is 0 Å². The lowest BCUT2D eigenvalue weighted by molar-refractivity contribution is -0.137. The van der Waals surface area contributed by atoms with Crippen LogP contribution in [0.4, 0.5) is 17.6 Å². The van der Waals surface area contributed by atoms with Gasteiger partial charge in [-0.15, -0.1) is 0 Å². The Kier molecular flexibility index (Phi) is 7.07. The van der Waals surface area contributed by atoms with E-state index < -0.39 is 34.9 Å². The van der Waals surface area contributed by atoms with Crippen LogP contribution in [0.1, 0.15) is 48.9 Å². The Balaban J connectivity index is 2.13. The molecule has 0 spiro atoms. The molecule has 7 nitrogen and oxygen atoms in total. The van der Waals surface area contributed by atoms with Gasteiger partial charge in [-0.05, 0) is 43.6 Å². The van der Waals surface area contributed by atoms with E-state index in [1.165, 1.54) is 7.05 Å². The normalized spacial score (nSPS) is 15.9.